The van der Waals surface area contributed by atoms with Crippen molar-refractivity contribution in [2.75, 3.05) is 20.3 Å². The van der Waals surface area contributed by atoms with Gasteiger partial charge < -0.3 is 14.6 Å². The summed E-state index contributed by atoms with van der Waals surface area (Å²) in [6.45, 7) is 3.99. The minimum absolute atomic E-state index is 0.0257. The number of nitrogens with one attached hydrogen (secondary N) is 1. The second-order valence-corrected chi connectivity index (χ2v) is 5.11. The molecule has 104 valence electrons. The van der Waals surface area contributed by atoms with Gasteiger partial charge in [-0.2, -0.15) is 0 Å². The Hall–Kier alpha value is -1.43. The summed E-state index contributed by atoms with van der Waals surface area (Å²) in [4.78, 5) is 11.3. The summed E-state index contributed by atoms with van der Waals surface area (Å²) in [5, 5.41) is 15.8. The normalized spacial score (nSPS) is 28.1. The zero-order valence-corrected chi connectivity index (χ0v) is 11.6. The van der Waals surface area contributed by atoms with Crippen LogP contribution in [0.25, 0.3) is 0 Å². The number of methoxy groups -OCH3 is 1. The number of ether oxygens (including phenoxy) is 1. The van der Waals surface area contributed by atoms with Gasteiger partial charge in [0.05, 0.1) is 7.11 Å². The van der Waals surface area contributed by atoms with Gasteiger partial charge in [0, 0.05) is 5.56 Å². The van der Waals surface area contributed by atoms with Gasteiger partial charge in [0.2, 0.25) is 0 Å². The molecular weight excluding hydrogens is 244 g/mol. The third-order valence-corrected chi connectivity index (χ3v) is 3.89. The Morgan fingerprint density at radius 2 is 2.11 bits per heavy atom. The molecule has 3 unspecified atom stereocenters. The van der Waals surface area contributed by atoms with E-state index in [4.69, 9.17) is 4.74 Å². The average Bonchev–Trinajstić information content (AvgIpc) is 2.82. The van der Waals surface area contributed by atoms with Gasteiger partial charge in [0.25, 0.3) is 0 Å². The van der Waals surface area contributed by atoms with Crippen molar-refractivity contribution in [2.24, 2.45) is 0 Å². The highest BCUT2D eigenvalue weighted by Gasteiger charge is 2.37. The predicted molar refractivity (Wildman–Crippen MR) is 72.4 cm³/mol. The van der Waals surface area contributed by atoms with E-state index in [1.165, 1.54) is 6.92 Å². The van der Waals surface area contributed by atoms with E-state index >= 15 is 0 Å². The van der Waals surface area contributed by atoms with Crippen LogP contribution < -0.4 is 10.1 Å². The number of benzene rings is 1. The lowest BCUT2D eigenvalue weighted by Gasteiger charge is -2.43. The van der Waals surface area contributed by atoms with Crippen LogP contribution in [0.3, 0.4) is 0 Å². The van der Waals surface area contributed by atoms with Gasteiger partial charge in [-0.15, -0.1) is 0 Å². The fraction of sp³-hybridized carbons (Fsp3) is 0.500. The van der Waals surface area contributed by atoms with E-state index in [0.29, 0.717) is 6.54 Å². The number of carbonyl (C=O) groups excluding carboxylic acids is 1. The lowest BCUT2D eigenvalue weighted by molar-refractivity contribution is -0.898. The van der Waals surface area contributed by atoms with Crippen LogP contribution in [0.1, 0.15) is 25.5 Å². The molecular formula is C14H20N2O3. The monoisotopic (exact) mass is 264 g/mol. The topological polar surface area (TPSA) is 61.4 Å². The molecule has 1 aliphatic heterocycles. The molecule has 1 aromatic rings. The first-order valence-electron chi connectivity index (χ1n) is 6.42. The highest BCUT2D eigenvalue weighted by molar-refractivity contribution is 5.81. The van der Waals surface area contributed by atoms with Crippen LogP contribution in [0, 0.1) is 5.21 Å². The lowest BCUT2D eigenvalue weighted by atomic mass is 10.1. The molecule has 19 heavy (non-hydrogen) atoms. The number of hydrogen-bond acceptors (Lipinski definition) is 4. The minimum Gasteiger partial charge on any atom is -0.631 e. The SMILES string of the molecule is COc1ccc(C(C)[N+]2([O-])CNC(C(C)=O)C2)cc1. The molecule has 0 aliphatic carbocycles. The number of rotatable bonds is 4. The highest BCUT2D eigenvalue weighted by Crippen LogP contribution is 2.30. The summed E-state index contributed by atoms with van der Waals surface area (Å²) in [5.74, 6) is 0.798. The standard InChI is InChI=1S/C14H20N2O3/c1-10(12-4-6-13(19-3)7-5-12)16(18)8-14(11(2)17)15-9-16/h4-7,10,14-15H,8-9H2,1-3H3. The Morgan fingerprint density at radius 1 is 1.47 bits per heavy atom. The van der Waals surface area contributed by atoms with Gasteiger partial charge >= 0.3 is 0 Å². The quantitative estimate of drug-likeness (QED) is 0.662. The Bertz CT molecular complexity index is 460. The van der Waals surface area contributed by atoms with Crippen molar-refractivity contribution in [3.63, 3.8) is 0 Å². The molecule has 1 N–H and O–H groups in total. The first kappa shape index (κ1) is 14.0. The Balaban J connectivity index is 2.14. The number of carbonyl (C=O) groups is 1. The molecule has 0 amide bonds. The van der Waals surface area contributed by atoms with Crippen molar-refractivity contribution in [3.8, 4) is 5.75 Å². The lowest BCUT2D eigenvalue weighted by Crippen LogP contribution is -2.43. The largest absolute Gasteiger partial charge is 0.631 e. The van der Waals surface area contributed by atoms with Gasteiger partial charge in [-0.25, -0.2) is 0 Å². The molecule has 0 saturated carbocycles. The summed E-state index contributed by atoms with van der Waals surface area (Å²) < 4.78 is 4.70. The maximum absolute atomic E-state index is 12.8. The number of hydrogen-bond donors (Lipinski definition) is 1. The van der Waals surface area contributed by atoms with E-state index in [1.807, 2.05) is 31.2 Å². The number of ketones is 1. The van der Waals surface area contributed by atoms with Gasteiger partial charge in [-0.05, 0) is 38.1 Å². The maximum Gasteiger partial charge on any atom is 0.152 e. The first-order chi connectivity index (χ1) is 8.96. The number of hydroxylamine groups is 3. The summed E-state index contributed by atoms with van der Waals surface area (Å²) >= 11 is 0. The number of Topliss-reactive ketones (excluding diaryl/α,β-unsaturated/α-hetero) is 1. The van der Waals surface area contributed by atoms with Crippen molar-refractivity contribution < 1.29 is 14.2 Å². The summed E-state index contributed by atoms with van der Waals surface area (Å²) in [6.07, 6.45) is 0. The molecule has 0 spiro atoms. The van der Waals surface area contributed by atoms with Crippen molar-refractivity contribution in [3.05, 3.63) is 35.0 Å². The van der Waals surface area contributed by atoms with E-state index in [9.17, 15) is 10.0 Å². The minimum atomic E-state index is -0.406. The zero-order chi connectivity index (χ0) is 14.0. The average molecular weight is 264 g/mol. The van der Waals surface area contributed by atoms with Crippen LogP contribution in [0.2, 0.25) is 0 Å². The number of quaternary nitrogens is 1. The highest BCUT2D eigenvalue weighted by atomic mass is 16.6. The molecule has 1 heterocycles. The van der Waals surface area contributed by atoms with Gasteiger partial charge in [0.15, 0.2) is 5.78 Å². The predicted octanol–water partition coefficient (Wildman–Crippen LogP) is 1.59. The molecule has 3 atom stereocenters. The molecule has 2 rings (SSSR count). The summed E-state index contributed by atoms with van der Waals surface area (Å²) in [5.41, 5.74) is 0.960. The Morgan fingerprint density at radius 3 is 2.58 bits per heavy atom. The van der Waals surface area contributed by atoms with Crippen LogP contribution in [-0.4, -0.2) is 36.8 Å². The van der Waals surface area contributed by atoms with Crippen LogP contribution >= 0.6 is 0 Å². The van der Waals surface area contributed by atoms with Crippen LogP contribution in [0.5, 0.6) is 5.75 Å². The Labute approximate surface area is 113 Å². The first-order valence-corrected chi connectivity index (χ1v) is 6.42. The molecule has 1 saturated heterocycles. The molecule has 5 nitrogen and oxygen atoms in total. The van der Waals surface area contributed by atoms with Gasteiger partial charge in [0.1, 0.15) is 31.0 Å². The van der Waals surface area contributed by atoms with Gasteiger partial charge in [-0.1, -0.05) is 0 Å². The fourth-order valence-electron chi connectivity index (χ4n) is 2.42. The van der Waals surface area contributed by atoms with E-state index in [2.05, 4.69) is 5.32 Å². The van der Waals surface area contributed by atoms with E-state index in [1.54, 1.807) is 7.11 Å². The van der Waals surface area contributed by atoms with Crippen molar-refractivity contribution in [1.29, 1.82) is 0 Å². The number of nitrogens with zero attached hydrogens (tertiary/aromatic N) is 1. The van der Waals surface area contributed by atoms with Crippen molar-refractivity contribution >= 4 is 5.78 Å². The summed E-state index contributed by atoms with van der Waals surface area (Å²) in [6, 6.07) is 6.99. The third kappa shape index (κ3) is 2.78. The van der Waals surface area contributed by atoms with Crippen LogP contribution in [0.4, 0.5) is 0 Å². The van der Waals surface area contributed by atoms with Gasteiger partial charge in [-0.3, -0.25) is 10.1 Å². The van der Waals surface area contributed by atoms with Crippen molar-refractivity contribution in [2.45, 2.75) is 25.9 Å². The fourth-order valence-corrected chi connectivity index (χ4v) is 2.42. The third-order valence-electron chi connectivity index (χ3n) is 3.89. The summed E-state index contributed by atoms with van der Waals surface area (Å²) in [7, 11) is 1.61. The maximum atomic E-state index is 12.8. The van der Waals surface area contributed by atoms with E-state index in [-0.39, 0.29) is 24.5 Å². The molecule has 1 fully saturated rings. The Kier molecular flexibility index (Phi) is 3.89. The smallest absolute Gasteiger partial charge is 0.152 e. The van der Waals surface area contributed by atoms with Crippen LogP contribution in [0.15, 0.2) is 24.3 Å². The molecule has 1 aliphatic rings. The molecule has 0 radical (unpaired) electrons. The van der Waals surface area contributed by atoms with E-state index < -0.39 is 4.65 Å². The molecule has 0 bridgehead atoms. The second kappa shape index (κ2) is 5.28. The molecule has 1 aromatic carbocycles. The zero-order valence-electron chi connectivity index (χ0n) is 11.6. The van der Waals surface area contributed by atoms with E-state index in [0.717, 1.165) is 11.3 Å². The second-order valence-electron chi connectivity index (χ2n) is 5.11. The molecule has 5 heteroatoms. The molecule has 0 aromatic heterocycles. The van der Waals surface area contributed by atoms with Crippen LogP contribution in [-0.2, 0) is 4.79 Å². The van der Waals surface area contributed by atoms with Crippen molar-refractivity contribution in [1.82, 2.24) is 5.32 Å².